The van der Waals surface area contributed by atoms with E-state index in [4.69, 9.17) is 4.52 Å². The highest BCUT2D eigenvalue weighted by atomic mass is 32.2. The minimum atomic E-state index is -3.57. The van der Waals surface area contributed by atoms with E-state index >= 15 is 0 Å². The molecule has 0 aromatic carbocycles. The van der Waals surface area contributed by atoms with Crippen molar-refractivity contribution in [1.29, 1.82) is 0 Å². The Morgan fingerprint density at radius 2 is 2.17 bits per heavy atom. The van der Waals surface area contributed by atoms with Crippen molar-refractivity contribution in [1.82, 2.24) is 14.8 Å². The van der Waals surface area contributed by atoms with Crippen LogP contribution < -0.4 is 5.32 Å². The minimum absolute atomic E-state index is 0.1000. The second-order valence-corrected chi connectivity index (χ2v) is 8.58. The minimum Gasteiger partial charge on any atom is -0.361 e. The highest BCUT2D eigenvalue weighted by Gasteiger charge is 2.23. The van der Waals surface area contributed by atoms with E-state index in [-0.39, 0.29) is 16.7 Å². The molecule has 126 valence electrons. The van der Waals surface area contributed by atoms with E-state index in [1.807, 2.05) is 0 Å². The molecule has 0 bridgehead atoms. The predicted octanol–water partition coefficient (Wildman–Crippen LogP) is 1.54. The number of aromatic nitrogens is 1. The molecular formula is C14H19N3O4S2. The molecule has 9 heteroatoms. The molecule has 1 amide bonds. The normalized spacial score (nSPS) is 11.8. The number of nitrogens with one attached hydrogen (secondary N) is 1. The second kappa shape index (κ2) is 7.24. The highest BCUT2D eigenvalue weighted by Crippen LogP contribution is 2.25. The summed E-state index contributed by atoms with van der Waals surface area (Å²) in [6, 6.07) is 5.07. The number of hydrogen-bond donors (Lipinski definition) is 1. The van der Waals surface area contributed by atoms with Gasteiger partial charge in [0.2, 0.25) is 5.91 Å². The van der Waals surface area contributed by atoms with Crippen LogP contribution in [-0.2, 0) is 27.8 Å². The third-order valence-corrected chi connectivity index (χ3v) is 6.52. The van der Waals surface area contributed by atoms with Crippen LogP contribution in [0.25, 0.3) is 0 Å². The summed E-state index contributed by atoms with van der Waals surface area (Å²) >= 11 is 1.21. The smallest absolute Gasteiger partial charge is 0.252 e. The van der Waals surface area contributed by atoms with Crippen molar-refractivity contribution < 1.29 is 17.7 Å². The number of carbonyl (C=O) groups excluding carboxylic acids is 1. The molecule has 2 rings (SSSR count). The van der Waals surface area contributed by atoms with E-state index in [9.17, 15) is 13.2 Å². The van der Waals surface area contributed by atoms with E-state index in [1.165, 1.54) is 29.6 Å². The van der Waals surface area contributed by atoms with Gasteiger partial charge in [0, 0.05) is 31.5 Å². The van der Waals surface area contributed by atoms with Gasteiger partial charge in [-0.05, 0) is 25.5 Å². The molecule has 23 heavy (non-hydrogen) atoms. The number of carbonyl (C=O) groups is 1. The van der Waals surface area contributed by atoms with Crippen LogP contribution in [-0.4, -0.2) is 37.4 Å². The van der Waals surface area contributed by atoms with Gasteiger partial charge >= 0.3 is 0 Å². The van der Waals surface area contributed by atoms with E-state index in [0.29, 0.717) is 24.4 Å². The van der Waals surface area contributed by atoms with Gasteiger partial charge in [-0.2, -0.15) is 4.31 Å². The molecule has 0 unspecified atom stereocenters. The van der Waals surface area contributed by atoms with Crippen LogP contribution >= 0.6 is 11.3 Å². The highest BCUT2D eigenvalue weighted by molar-refractivity contribution is 7.91. The van der Waals surface area contributed by atoms with Crippen molar-refractivity contribution >= 4 is 27.3 Å². The summed E-state index contributed by atoms with van der Waals surface area (Å²) in [4.78, 5) is 11.7. The van der Waals surface area contributed by atoms with Crippen LogP contribution in [0.5, 0.6) is 0 Å². The molecule has 0 fully saturated rings. The number of aryl methyl sites for hydroxylation is 1. The molecule has 0 saturated heterocycles. The first-order valence-corrected chi connectivity index (χ1v) is 9.26. The average molecular weight is 357 g/mol. The van der Waals surface area contributed by atoms with Crippen LogP contribution in [0.1, 0.15) is 23.3 Å². The fourth-order valence-corrected chi connectivity index (χ4v) is 4.66. The number of nitrogens with zero attached hydrogens (tertiary/aromatic N) is 2. The molecule has 0 aliphatic carbocycles. The maximum atomic E-state index is 12.5. The van der Waals surface area contributed by atoms with Gasteiger partial charge in [0.05, 0.1) is 12.2 Å². The maximum absolute atomic E-state index is 12.5. The molecule has 0 radical (unpaired) electrons. The predicted molar refractivity (Wildman–Crippen MR) is 86.6 cm³/mol. The van der Waals surface area contributed by atoms with E-state index in [0.717, 1.165) is 4.88 Å². The molecular weight excluding hydrogens is 338 g/mol. The summed E-state index contributed by atoms with van der Waals surface area (Å²) in [5, 5.41) is 6.50. The Labute approximate surface area is 139 Å². The van der Waals surface area contributed by atoms with Crippen LogP contribution in [0.4, 0.5) is 0 Å². The first kappa shape index (κ1) is 17.6. The Morgan fingerprint density at radius 1 is 1.43 bits per heavy atom. The molecule has 0 spiro atoms. The first-order chi connectivity index (χ1) is 10.8. The molecule has 0 atom stereocenters. The van der Waals surface area contributed by atoms with Gasteiger partial charge < -0.3 is 9.84 Å². The van der Waals surface area contributed by atoms with Crippen molar-refractivity contribution in [3.63, 3.8) is 0 Å². The lowest BCUT2D eigenvalue weighted by Gasteiger charge is -2.14. The molecule has 0 aliphatic heterocycles. The van der Waals surface area contributed by atoms with E-state index < -0.39 is 10.0 Å². The lowest BCUT2D eigenvalue weighted by Crippen LogP contribution is -2.26. The zero-order chi connectivity index (χ0) is 17.0. The lowest BCUT2D eigenvalue weighted by molar-refractivity contribution is -0.118. The van der Waals surface area contributed by atoms with Crippen molar-refractivity contribution in [3.05, 3.63) is 34.5 Å². The molecule has 0 saturated carbocycles. The molecule has 2 aromatic rings. The Kier molecular flexibility index (Phi) is 5.55. The standard InChI is InChI=1S/C14H19N3O4S2/c1-10-8-12(16-21-10)9-17(3)23(19,20)14-5-4-13(22-14)6-7-15-11(2)18/h4-5,8H,6-7,9H2,1-3H3,(H,15,18). The van der Waals surface area contributed by atoms with Crippen molar-refractivity contribution in [2.24, 2.45) is 0 Å². The van der Waals surface area contributed by atoms with Crippen molar-refractivity contribution in [3.8, 4) is 0 Å². The Bertz CT molecular complexity index is 780. The van der Waals surface area contributed by atoms with Gasteiger partial charge in [-0.25, -0.2) is 8.42 Å². The van der Waals surface area contributed by atoms with Gasteiger partial charge in [0.25, 0.3) is 10.0 Å². The molecule has 0 aliphatic rings. The SMILES string of the molecule is CC(=O)NCCc1ccc(S(=O)(=O)N(C)Cc2cc(C)on2)s1. The first-order valence-electron chi connectivity index (χ1n) is 7.00. The number of thiophene rings is 1. The number of rotatable bonds is 7. The zero-order valence-electron chi connectivity index (χ0n) is 13.2. The quantitative estimate of drug-likeness (QED) is 0.811. The molecule has 2 aromatic heterocycles. The summed E-state index contributed by atoms with van der Waals surface area (Å²) < 4.78 is 31.6. The van der Waals surface area contributed by atoms with E-state index in [2.05, 4.69) is 10.5 Å². The zero-order valence-corrected chi connectivity index (χ0v) is 14.8. The summed E-state index contributed by atoms with van der Waals surface area (Å²) in [5.74, 6) is 0.541. The van der Waals surface area contributed by atoms with Crippen molar-refractivity contribution in [2.45, 2.75) is 31.0 Å². The Balaban J connectivity index is 2.04. The maximum Gasteiger partial charge on any atom is 0.252 e. The second-order valence-electron chi connectivity index (χ2n) is 5.14. The van der Waals surface area contributed by atoms with Gasteiger partial charge in [0.1, 0.15) is 9.97 Å². The summed E-state index contributed by atoms with van der Waals surface area (Å²) in [5.41, 5.74) is 0.566. The topological polar surface area (TPSA) is 92.5 Å². The van der Waals surface area contributed by atoms with Crippen LogP contribution in [0, 0.1) is 6.92 Å². The van der Waals surface area contributed by atoms with Gasteiger partial charge in [-0.15, -0.1) is 11.3 Å². The molecule has 1 N–H and O–H groups in total. The largest absolute Gasteiger partial charge is 0.361 e. The third kappa shape index (κ3) is 4.63. The van der Waals surface area contributed by atoms with E-state index in [1.54, 1.807) is 25.1 Å². The van der Waals surface area contributed by atoms with Gasteiger partial charge in [-0.1, -0.05) is 5.16 Å². The number of amides is 1. The molecule has 7 nitrogen and oxygen atoms in total. The van der Waals surface area contributed by atoms with Gasteiger partial charge in [0.15, 0.2) is 0 Å². The molecule has 2 heterocycles. The van der Waals surface area contributed by atoms with Crippen LogP contribution in [0.2, 0.25) is 0 Å². The average Bonchev–Trinajstić information content (AvgIpc) is 3.08. The Hall–Kier alpha value is -1.71. The van der Waals surface area contributed by atoms with Gasteiger partial charge in [-0.3, -0.25) is 4.79 Å². The lowest BCUT2D eigenvalue weighted by atomic mass is 10.3. The summed E-state index contributed by atoms with van der Waals surface area (Å²) in [6.45, 7) is 3.85. The van der Waals surface area contributed by atoms with Crippen LogP contribution in [0.15, 0.2) is 26.9 Å². The van der Waals surface area contributed by atoms with Crippen molar-refractivity contribution in [2.75, 3.05) is 13.6 Å². The summed E-state index contributed by atoms with van der Waals surface area (Å²) in [6.07, 6.45) is 0.603. The fourth-order valence-electron chi connectivity index (χ4n) is 1.95. The number of sulfonamides is 1. The Morgan fingerprint density at radius 3 is 2.78 bits per heavy atom. The third-order valence-electron chi connectivity index (χ3n) is 3.11. The fraction of sp³-hybridized carbons (Fsp3) is 0.429. The summed E-state index contributed by atoms with van der Waals surface area (Å²) in [7, 11) is -2.06. The number of hydrogen-bond acceptors (Lipinski definition) is 6. The van der Waals surface area contributed by atoms with Crippen LogP contribution in [0.3, 0.4) is 0 Å². The monoisotopic (exact) mass is 357 g/mol.